The fourth-order valence-corrected chi connectivity index (χ4v) is 2.65. The first-order valence-electron chi connectivity index (χ1n) is 5.10. The Hall–Kier alpha value is -1.30. The molecule has 5 nitrogen and oxygen atoms in total. The molecule has 0 unspecified atom stereocenters. The first-order chi connectivity index (χ1) is 7.77. The lowest BCUT2D eigenvalue weighted by atomic mass is 10.2. The smallest absolute Gasteiger partial charge is 0.329 e. The topological polar surface area (TPSA) is 65.3 Å². The van der Waals surface area contributed by atoms with Gasteiger partial charge in [-0.05, 0) is 24.3 Å². The maximum absolute atomic E-state index is 10.7. The molecule has 2 heterocycles. The van der Waals surface area contributed by atoms with E-state index in [1.807, 2.05) is 11.8 Å². The van der Waals surface area contributed by atoms with Crippen LogP contribution in [0.25, 0.3) is 0 Å². The minimum atomic E-state index is -0.458. The van der Waals surface area contributed by atoms with Gasteiger partial charge in [-0.1, -0.05) is 0 Å². The Bertz CT molecular complexity index is 380. The van der Waals surface area contributed by atoms with E-state index in [0.29, 0.717) is 5.75 Å². The van der Waals surface area contributed by atoms with Crippen molar-refractivity contribution >= 4 is 17.4 Å². The van der Waals surface area contributed by atoms with Crippen LogP contribution in [0, 0.1) is 10.1 Å². The molecule has 1 aromatic heterocycles. The second kappa shape index (κ2) is 5.16. The SMILES string of the molecule is O=[N+]([O-])c1cnccc1OC1CCSCC1. The number of hydrogen-bond donors (Lipinski definition) is 0. The largest absolute Gasteiger partial charge is 0.483 e. The first-order valence-corrected chi connectivity index (χ1v) is 6.25. The number of rotatable bonds is 3. The molecule has 0 radical (unpaired) electrons. The lowest BCUT2D eigenvalue weighted by Crippen LogP contribution is -2.22. The van der Waals surface area contributed by atoms with E-state index in [2.05, 4.69) is 4.98 Å². The molecule has 1 aliphatic heterocycles. The first kappa shape index (κ1) is 11.2. The van der Waals surface area contributed by atoms with E-state index < -0.39 is 4.92 Å². The highest BCUT2D eigenvalue weighted by Crippen LogP contribution is 2.29. The van der Waals surface area contributed by atoms with Crippen LogP contribution in [0.4, 0.5) is 5.69 Å². The predicted molar refractivity (Wildman–Crippen MR) is 61.9 cm³/mol. The van der Waals surface area contributed by atoms with E-state index >= 15 is 0 Å². The van der Waals surface area contributed by atoms with Crippen molar-refractivity contribution in [2.45, 2.75) is 18.9 Å². The third-order valence-electron chi connectivity index (χ3n) is 2.42. The molecule has 16 heavy (non-hydrogen) atoms. The van der Waals surface area contributed by atoms with Crippen molar-refractivity contribution in [3.05, 3.63) is 28.6 Å². The van der Waals surface area contributed by atoms with E-state index in [1.54, 1.807) is 6.07 Å². The van der Waals surface area contributed by atoms with Crippen LogP contribution in [0.5, 0.6) is 5.75 Å². The maximum atomic E-state index is 10.7. The van der Waals surface area contributed by atoms with Crippen LogP contribution in [-0.4, -0.2) is 27.5 Å². The Labute approximate surface area is 97.4 Å². The van der Waals surface area contributed by atoms with E-state index in [4.69, 9.17) is 4.74 Å². The van der Waals surface area contributed by atoms with Gasteiger partial charge in [0.25, 0.3) is 0 Å². The predicted octanol–water partition coefficient (Wildman–Crippen LogP) is 2.26. The van der Waals surface area contributed by atoms with Crippen LogP contribution in [0.1, 0.15) is 12.8 Å². The third kappa shape index (κ3) is 2.63. The van der Waals surface area contributed by atoms with E-state index in [1.165, 1.54) is 12.4 Å². The van der Waals surface area contributed by atoms with Gasteiger partial charge in [-0.2, -0.15) is 11.8 Å². The molecule has 6 heteroatoms. The van der Waals surface area contributed by atoms with Crippen LogP contribution in [0.15, 0.2) is 18.5 Å². The minimum Gasteiger partial charge on any atom is -0.483 e. The Kier molecular flexibility index (Phi) is 3.61. The third-order valence-corrected chi connectivity index (χ3v) is 3.47. The zero-order valence-corrected chi connectivity index (χ0v) is 9.48. The van der Waals surface area contributed by atoms with Crippen molar-refractivity contribution in [1.29, 1.82) is 0 Å². The number of nitro groups is 1. The second-order valence-electron chi connectivity index (χ2n) is 3.53. The van der Waals surface area contributed by atoms with Gasteiger partial charge in [0.1, 0.15) is 12.3 Å². The average molecular weight is 240 g/mol. The van der Waals surface area contributed by atoms with Crippen LogP contribution in [-0.2, 0) is 0 Å². The van der Waals surface area contributed by atoms with E-state index in [0.717, 1.165) is 24.3 Å². The van der Waals surface area contributed by atoms with Gasteiger partial charge in [-0.3, -0.25) is 15.1 Å². The average Bonchev–Trinajstić information content (AvgIpc) is 2.31. The van der Waals surface area contributed by atoms with Crippen molar-refractivity contribution in [3.63, 3.8) is 0 Å². The molecule has 1 aliphatic rings. The molecule has 0 bridgehead atoms. The van der Waals surface area contributed by atoms with E-state index in [9.17, 15) is 10.1 Å². The van der Waals surface area contributed by atoms with Gasteiger partial charge in [0, 0.05) is 12.3 Å². The molecule has 0 amide bonds. The number of pyridine rings is 1. The molecule has 86 valence electrons. The summed E-state index contributed by atoms with van der Waals surface area (Å²) in [7, 11) is 0. The fraction of sp³-hybridized carbons (Fsp3) is 0.500. The van der Waals surface area contributed by atoms with Gasteiger partial charge in [0.05, 0.1) is 4.92 Å². The summed E-state index contributed by atoms with van der Waals surface area (Å²) in [5.41, 5.74) is -0.0549. The van der Waals surface area contributed by atoms with Crippen LogP contribution in [0.2, 0.25) is 0 Å². The van der Waals surface area contributed by atoms with E-state index in [-0.39, 0.29) is 11.8 Å². The van der Waals surface area contributed by atoms with Crippen LogP contribution in [0.3, 0.4) is 0 Å². The molecule has 1 fully saturated rings. The number of ether oxygens (including phenoxy) is 1. The normalized spacial score (nSPS) is 17.0. The summed E-state index contributed by atoms with van der Waals surface area (Å²) in [6.07, 6.45) is 4.74. The Morgan fingerprint density at radius 2 is 2.25 bits per heavy atom. The van der Waals surface area contributed by atoms with Gasteiger partial charge in [-0.25, -0.2) is 0 Å². The monoisotopic (exact) mass is 240 g/mol. The highest BCUT2D eigenvalue weighted by molar-refractivity contribution is 7.99. The summed E-state index contributed by atoms with van der Waals surface area (Å²) in [5.74, 6) is 2.45. The van der Waals surface area contributed by atoms with Crippen molar-refractivity contribution in [2.75, 3.05) is 11.5 Å². The molecule has 0 aliphatic carbocycles. The van der Waals surface area contributed by atoms with Gasteiger partial charge < -0.3 is 4.74 Å². The molecule has 0 N–H and O–H groups in total. The molecule has 2 rings (SSSR count). The van der Waals surface area contributed by atoms with Crippen molar-refractivity contribution in [1.82, 2.24) is 4.98 Å². The molecular weight excluding hydrogens is 228 g/mol. The Morgan fingerprint density at radius 1 is 1.50 bits per heavy atom. The summed E-state index contributed by atoms with van der Waals surface area (Å²) in [6.45, 7) is 0. The quantitative estimate of drug-likeness (QED) is 0.599. The van der Waals surface area contributed by atoms with Crippen molar-refractivity contribution in [2.24, 2.45) is 0 Å². The summed E-state index contributed by atoms with van der Waals surface area (Å²) in [4.78, 5) is 14.0. The van der Waals surface area contributed by atoms with Gasteiger partial charge >= 0.3 is 5.69 Å². The number of aromatic nitrogens is 1. The van der Waals surface area contributed by atoms with Crippen molar-refractivity contribution in [3.8, 4) is 5.75 Å². The highest BCUT2D eigenvalue weighted by Gasteiger charge is 2.20. The van der Waals surface area contributed by atoms with Crippen molar-refractivity contribution < 1.29 is 9.66 Å². The summed E-state index contributed by atoms with van der Waals surface area (Å²) in [6, 6.07) is 1.56. The molecule has 0 saturated carbocycles. The molecule has 0 aromatic carbocycles. The second-order valence-corrected chi connectivity index (χ2v) is 4.75. The maximum Gasteiger partial charge on any atom is 0.329 e. The number of hydrogen-bond acceptors (Lipinski definition) is 5. The van der Waals surface area contributed by atoms with Gasteiger partial charge in [-0.15, -0.1) is 0 Å². The fourth-order valence-electron chi connectivity index (χ4n) is 1.58. The lowest BCUT2D eigenvalue weighted by Gasteiger charge is -2.22. The molecule has 1 saturated heterocycles. The van der Waals surface area contributed by atoms with Gasteiger partial charge in [0.15, 0.2) is 0 Å². The summed E-state index contributed by atoms with van der Waals surface area (Å²) < 4.78 is 5.65. The molecular formula is C10H12N2O3S. The Morgan fingerprint density at radius 3 is 2.94 bits per heavy atom. The summed E-state index contributed by atoms with van der Waals surface area (Å²) >= 11 is 1.89. The molecule has 0 spiro atoms. The highest BCUT2D eigenvalue weighted by atomic mass is 32.2. The van der Waals surface area contributed by atoms with Crippen LogP contribution < -0.4 is 4.74 Å². The Balaban J connectivity index is 2.10. The summed E-state index contributed by atoms with van der Waals surface area (Å²) in [5, 5.41) is 10.7. The minimum absolute atomic E-state index is 0.0549. The number of nitrogens with zero attached hydrogens (tertiary/aromatic N) is 2. The standard InChI is InChI=1S/C10H12N2O3S/c13-12(14)9-7-11-4-1-10(9)15-8-2-5-16-6-3-8/h1,4,7-8H,2-3,5-6H2. The van der Waals surface area contributed by atoms with Crippen LogP contribution >= 0.6 is 11.8 Å². The zero-order chi connectivity index (χ0) is 11.4. The molecule has 0 atom stereocenters. The lowest BCUT2D eigenvalue weighted by molar-refractivity contribution is -0.386. The number of thioether (sulfide) groups is 1. The zero-order valence-electron chi connectivity index (χ0n) is 8.67. The molecule has 1 aromatic rings. The van der Waals surface area contributed by atoms with Gasteiger partial charge in [0.2, 0.25) is 5.75 Å².